The summed E-state index contributed by atoms with van der Waals surface area (Å²) in [6.45, 7) is -0.114. The summed E-state index contributed by atoms with van der Waals surface area (Å²) in [5.41, 5.74) is 1.58. The zero-order chi connectivity index (χ0) is 14.5. The third-order valence-corrected chi connectivity index (χ3v) is 2.97. The number of aliphatic hydroxyl groups is 2. The van der Waals surface area contributed by atoms with E-state index >= 15 is 0 Å². The van der Waals surface area contributed by atoms with Crippen LogP contribution in [0.2, 0.25) is 5.15 Å². The summed E-state index contributed by atoms with van der Waals surface area (Å²) < 4.78 is 0. The van der Waals surface area contributed by atoms with E-state index in [-0.39, 0.29) is 18.2 Å². The fraction of sp³-hybridized carbons (Fsp3) is 0.214. The maximum Gasteiger partial charge on any atom is 0.138 e. The Labute approximate surface area is 121 Å². The van der Waals surface area contributed by atoms with Gasteiger partial charge >= 0.3 is 0 Å². The van der Waals surface area contributed by atoms with Crippen molar-refractivity contribution in [3.05, 3.63) is 58.1 Å². The average molecular weight is 290 g/mol. The molecular formula is C14H12ClN3O2. The molecule has 1 unspecified atom stereocenters. The Kier molecular flexibility index (Phi) is 4.64. The monoisotopic (exact) mass is 289 g/mol. The second-order valence-electron chi connectivity index (χ2n) is 4.10. The van der Waals surface area contributed by atoms with E-state index in [4.69, 9.17) is 22.0 Å². The predicted molar refractivity (Wildman–Crippen MR) is 73.1 cm³/mol. The third kappa shape index (κ3) is 3.11. The van der Waals surface area contributed by atoms with Crippen LogP contribution in [0, 0.1) is 11.3 Å². The van der Waals surface area contributed by atoms with Crippen LogP contribution in [0.4, 0.5) is 0 Å². The number of nitrogens with zero attached hydrogens (tertiary/aromatic N) is 3. The number of aromatic nitrogens is 2. The molecule has 0 fully saturated rings. The molecule has 0 spiro atoms. The van der Waals surface area contributed by atoms with Crippen LogP contribution in [0.25, 0.3) is 0 Å². The molecule has 5 nitrogen and oxygen atoms in total. The highest BCUT2D eigenvalue weighted by atomic mass is 35.5. The number of aliphatic hydroxyl groups excluding tert-OH is 2. The molecule has 0 amide bonds. The summed E-state index contributed by atoms with van der Waals surface area (Å²) >= 11 is 5.79. The first-order chi connectivity index (χ1) is 9.65. The molecule has 6 heteroatoms. The van der Waals surface area contributed by atoms with Gasteiger partial charge in [-0.3, -0.25) is 4.98 Å². The van der Waals surface area contributed by atoms with Crippen molar-refractivity contribution < 1.29 is 10.2 Å². The molecule has 2 aromatic rings. The Morgan fingerprint density at radius 1 is 1.20 bits per heavy atom. The Bertz CT molecular complexity index is 655. The van der Waals surface area contributed by atoms with Crippen LogP contribution < -0.4 is 0 Å². The number of halogens is 1. The normalized spacial score (nSPS) is 11.9. The molecule has 102 valence electrons. The number of nitriles is 1. The summed E-state index contributed by atoms with van der Waals surface area (Å²) in [5.74, 6) is 0. The van der Waals surface area contributed by atoms with Crippen LogP contribution in [0.15, 0.2) is 30.3 Å². The molecule has 2 heterocycles. The third-order valence-electron chi connectivity index (χ3n) is 2.76. The smallest absolute Gasteiger partial charge is 0.138 e. The molecule has 0 aliphatic rings. The average Bonchev–Trinajstić information content (AvgIpc) is 2.47. The van der Waals surface area contributed by atoms with Crippen molar-refractivity contribution in [2.45, 2.75) is 12.5 Å². The Morgan fingerprint density at radius 3 is 2.60 bits per heavy atom. The summed E-state index contributed by atoms with van der Waals surface area (Å²) in [7, 11) is 0. The van der Waals surface area contributed by atoms with Gasteiger partial charge in [-0.25, -0.2) is 4.98 Å². The highest BCUT2D eigenvalue weighted by molar-refractivity contribution is 6.29. The molecule has 0 aliphatic heterocycles. The minimum atomic E-state index is -1.03. The number of hydrogen-bond donors (Lipinski definition) is 2. The molecule has 20 heavy (non-hydrogen) atoms. The standard InChI is InChI=1S/C14H12ClN3O2/c15-13-3-1-2-11(18-13)14(20)12-5-4-9(8-16)10(17-12)6-7-19/h1-5,14,19-20H,6-7H2. The maximum atomic E-state index is 10.2. The van der Waals surface area contributed by atoms with Crippen molar-refractivity contribution in [2.24, 2.45) is 0 Å². The fourth-order valence-electron chi connectivity index (χ4n) is 1.80. The Morgan fingerprint density at radius 2 is 1.95 bits per heavy atom. The lowest BCUT2D eigenvalue weighted by atomic mass is 10.1. The predicted octanol–water partition coefficient (Wildman–Crippen LogP) is 1.62. The number of hydrogen-bond acceptors (Lipinski definition) is 5. The van der Waals surface area contributed by atoms with E-state index in [1.165, 1.54) is 0 Å². The molecule has 0 aliphatic carbocycles. The zero-order valence-corrected chi connectivity index (χ0v) is 11.2. The van der Waals surface area contributed by atoms with Crippen molar-refractivity contribution in [1.29, 1.82) is 5.26 Å². The minimum Gasteiger partial charge on any atom is -0.396 e. The van der Waals surface area contributed by atoms with Crippen LogP contribution in [-0.2, 0) is 6.42 Å². The summed E-state index contributed by atoms with van der Waals surface area (Å²) in [6.07, 6.45) is -0.772. The van der Waals surface area contributed by atoms with E-state index in [9.17, 15) is 5.11 Å². The molecule has 2 rings (SSSR count). The lowest BCUT2D eigenvalue weighted by Gasteiger charge is -2.12. The molecule has 0 saturated heterocycles. The molecule has 0 bridgehead atoms. The van der Waals surface area contributed by atoms with E-state index in [1.807, 2.05) is 6.07 Å². The second kappa shape index (κ2) is 6.44. The molecule has 0 radical (unpaired) electrons. The topological polar surface area (TPSA) is 90.0 Å². The summed E-state index contributed by atoms with van der Waals surface area (Å²) in [5, 5.41) is 28.5. The van der Waals surface area contributed by atoms with Gasteiger partial charge < -0.3 is 10.2 Å². The number of pyridine rings is 2. The van der Waals surface area contributed by atoms with Crippen LogP contribution in [-0.4, -0.2) is 26.8 Å². The lowest BCUT2D eigenvalue weighted by Crippen LogP contribution is -2.08. The first kappa shape index (κ1) is 14.4. The molecular weight excluding hydrogens is 278 g/mol. The van der Waals surface area contributed by atoms with E-state index < -0.39 is 6.10 Å². The first-order valence-corrected chi connectivity index (χ1v) is 6.35. The van der Waals surface area contributed by atoms with Gasteiger partial charge in [0, 0.05) is 13.0 Å². The minimum absolute atomic E-state index is 0.114. The van der Waals surface area contributed by atoms with Crippen LogP contribution >= 0.6 is 11.6 Å². The molecule has 0 aromatic carbocycles. The van der Waals surface area contributed by atoms with Crippen LogP contribution in [0.1, 0.15) is 28.7 Å². The maximum absolute atomic E-state index is 10.2. The molecule has 2 N–H and O–H groups in total. The van der Waals surface area contributed by atoms with Crippen molar-refractivity contribution >= 4 is 11.6 Å². The van der Waals surface area contributed by atoms with Gasteiger partial charge in [-0.2, -0.15) is 5.26 Å². The van der Waals surface area contributed by atoms with Gasteiger partial charge in [0.1, 0.15) is 17.3 Å². The highest BCUT2D eigenvalue weighted by Gasteiger charge is 2.16. The zero-order valence-electron chi connectivity index (χ0n) is 10.5. The molecule has 1 atom stereocenters. The fourth-order valence-corrected chi connectivity index (χ4v) is 1.97. The van der Waals surface area contributed by atoms with Gasteiger partial charge in [0.15, 0.2) is 0 Å². The van der Waals surface area contributed by atoms with Crippen LogP contribution in [0.5, 0.6) is 0 Å². The lowest BCUT2D eigenvalue weighted by molar-refractivity contribution is 0.210. The van der Waals surface area contributed by atoms with Crippen LogP contribution in [0.3, 0.4) is 0 Å². The quantitative estimate of drug-likeness (QED) is 0.835. The van der Waals surface area contributed by atoms with Crippen molar-refractivity contribution in [2.75, 3.05) is 6.61 Å². The van der Waals surface area contributed by atoms with Gasteiger partial charge in [-0.05, 0) is 24.3 Å². The molecule has 2 aromatic heterocycles. The largest absolute Gasteiger partial charge is 0.396 e. The van der Waals surface area contributed by atoms with Crippen molar-refractivity contribution in [1.82, 2.24) is 9.97 Å². The van der Waals surface area contributed by atoms with Gasteiger partial charge in [-0.15, -0.1) is 0 Å². The SMILES string of the molecule is N#Cc1ccc(C(O)c2cccc(Cl)n2)nc1CCO. The number of rotatable bonds is 4. The van der Waals surface area contributed by atoms with E-state index in [0.29, 0.717) is 22.6 Å². The summed E-state index contributed by atoms with van der Waals surface area (Å²) in [4.78, 5) is 8.25. The van der Waals surface area contributed by atoms with Crippen molar-refractivity contribution in [3.8, 4) is 6.07 Å². The van der Waals surface area contributed by atoms with Gasteiger partial charge in [0.2, 0.25) is 0 Å². The van der Waals surface area contributed by atoms with E-state index in [0.717, 1.165) is 0 Å². The van der Waals surface area contributed by atoms with Gasteiger partial charge in [-0.1, -0.05) is 17.7 Å². The van der Waals surface area contributed by atoms with Gasteiger partial charge in [0.25, 0.3) is 0 Å². The highest BCUT2D eigenvalue weighted by Crippen LogP contribution is 2.21. The van der Waals surface area contributed by atoms with Gasteiger partial charge in [0.05, 0.1) is 22.6 Å². The van der Waals surface area contributed by atoms with E-state index in [1.54, 1.807) is 30.3 Å². The summed E-state index contributed by atoms with van der Waals surface area (Å²) in [6, 6.07) is 10.1. The Hall–Kier alpha value is -2.00. The second-order valence-corrected chi connectivity index (χ2v) is 4.49. The van der Waals surface area contributed by atoms with Crippen molar-refractivity contribution in [3.63, 3.8) is 0 Å². The Balaban J connectivity index is 2.37. The first-order valence-electron chi connectivity index (χ1n) is 5.97. The molecule has 0 saturated carbocycles. The van der Waals surface area contributed by atoms with E-state index in [2.05, 4.69) is 9.97 Å².